The minimum atomic E-state index is -1.37. The number of carboxylic acids is 1. The highest BCUT2D eigenvalue weighted by Crippen LogP contribution is 2.51. The first-order chi connectivity index (χ1) is 13.5. The Bertz CT molecular complexity index is 1180. The molecule has 1 aromatic heterocycles. The van der Waals surface area contributed by atoms with E-state index in [0.29, 0.717) is 5.58 Å². The van der Waals surface area contributed by atoms with E-state index in [4.69, 9.17) is 14.8 Å². The molecule has 0 saturated heterocycles. The van der Waals surface area contributed by atoms with Gasteiger partial charge < -0.3 is 14.4 Å². The standard InChI is InChI=1S/C23H24N2O4/c1-22(2)5-7-25-8-6-23(3,4)17-18(25)16(22)11-13-9-14(21(28)29-19(13)17)10-15(12-24)20(26)27/h9-11H,5-8H2,1-4H3,(H,26,27). The van der Waals surface area contributed by atoms with Crippen molar-refractivity contribution in [2.24, 2.45) is 0 Å². The summed E-state index contributed by atoms with van der Waals surface area (Å²) in [5, 5.41) is 18.9. The van der Waals surface area contributed by atoms with E-state index >= 15 is 0 Å². The number of nitriles is 1. The van der Waals surface area contributed by atoms with Gasteiger partial charge in [-0.3, -0.25) is 0 Å². The Hall–Kier alpha value is -3.07. The number of carbonyl (C=O) groups is 1. The Morgan fingerprint density at radius 1 is 1.21 bits per heavy atom. The Morgan fingerprint density at radius 2 is 1.86 bits per heavy atom. The van der Waals surface area contributed by atoms with Crippen LogP contribution in [0.2, 0.25) is 0 Å². The van der Waals surface area contributed by atoms with Crippen molar-refractivity contribution >= 4 is 28.7 Å². The summed E-state index contributed by atoms with van der Waals surface area (Å²) < 4.78 is 5.76. The van der Waals surface area contributed by atoms with Crippen LogP contribution in [0.4, 0.5) is 5.69 Å². The van der Waals surface area contributed by atoms with Gasteiger partial charge in [0.1, 0.15) is 17.2 Å². The molecule has 150 valence electrons. The number of benzene rings is 1. The lowest BCUT2D eigenvalue weighted by atomic mass is 9.69. The molecule has 2 aliphatic heterocycles. The lowest BCUT2D eigenvalue weighted by Crippen LogP contribution is -2.44. The molecule has 1 N–H and O–H groups in total. The molecule has 4 rings (SSSR count). The van der Waals surface area contributed by atoms with Crippen molar-refractivity contribution in [3.05, 3.63) is 44.8 Å². The quantitative estimate of drug-likeness (QED) is 0.472. The zero-order valence-corrected chi connectivity index (χ0v) is 17.1. The molecule has 0 spiro atoms. The van der Waals surface area contributed by atoms with Gasteiger partial charge in [0.05, 0.1) is 5.56 Å². The number of carboxylic acid groups (broad SMARTS) is 1. The van der Waals surface area contributed by atoms with Crippen molar-refractivity contribution < 1.29 is 14.3 Å². The van der Waals surface area contributed by atoms with Crippen molar-refractivity contribution in [3.8, 4) is 6.07 Å². The van der Waals surface area contributed by atoms with Gasteiger partial charge in [-0.15, -0.1) is 0 Å². The maximum absolute atomic E-state index is 12.7. The van der Waals surface area contributed by atoms with Gasteiger partial charge >= 0.3 is 11.6 Å². The molecule has 0 aliphatic carbocycles. The molecule has 0 bridgehead atoms. The Labute approximate surface area is 169 Å². The third-order valence-corrected chi connectivity index (χ3v) is 6.41. The molecule has 0 amide bonds. The third kappa shape index (κ3) is 2.93. The second-order valence-electron chi connectivity index (χ2n) is 9.29. The lowest BCUT2D eigenvalue weighted by Gasteiger charge is -2.48. The molecule has 1 aromatic carbocycles. The van der Waals surface area contributed by atoms with E-state index in [-0.39, 0.29) is 16.4 Å². The average Bonchev–Trinajstić information content (AvgIpc) is 2.63. The maximum Gasteiger partial charge on any atom is 0.346 e. The first kappa shape index (κ1) is 19.3. The van der Waals surface area contributed by atoms with Crippen LogP contribution in [0.5, 0.6) is 0 Å². The van der Waals surface area contributed by atoms with Gasteiger partial charge in [0.25, 0.3) is 0 Å². The highest BCUT2D eigenvalue weighted by atomic mass is 16.4. The topological polar surface area (TPSA) is 94.5 Å². The monoisotopic (exact) mass is 392 g/mol. The molecule has 2 aromatic rings. The van der Waals surface area contributed by atoms with E-state index in [0.717, 1.165) is 43.0 Å². The van der Waals surface area contributed by atoms with Crippen LogP contribution in [0, 0.1) is 11.3 Å². The second kappa shape index (κ2) is 6.21. The number of rotatable bonds is 2. The predicted octanol–water partition coefficient (Wildman–Crippen LogP) is 3.95. The summed E-state index contributed by atoms with van der Waals surface area (Å²) in [5.74, 6) is -1.37. The normalized spacial score (nSPS) is 19.6. The van der Waals surface area contributed by atoms with Crippen LogP contribution in [0.15, 0.2) is 26.9 Å². The zero-order valence-electron chi connectivity index (χ0n) is 17.1. The molecule has 6 nitrogen and oxygen atoms in total. The number of fused-ring (bicyclic) bond motifs is 2. The number of hydrogen-bond donors (Lipinski definition) is 1. The van der Waals surface area contributed by atoms with Crippen molar-refractivity contribution in [1.29, 1.82) is 5.26 Å². The fourth-order valence-corrected chi connectivity index (χ4v) is 4.57. The van der Waals surface area contributed by atoms with Crippen molar-refractivity contribution in [2.45, 2.75) is 51.4 Å². The van der Waals surface area contributed by atoms with Gasteiger partial charge in [-0.05, 0) is 47.4 Å². The molecule has 0 saturated carbocycles. The molecule has 0 atom stereocenters. The van der Waals surface area contributed by atoms with Crippen LogP contribution in [0.25, 0.3) is 17.0 Å². The van der Waals surface area contributed by atoms with Crippen LogP contribution < -0.4 is 10.5 Å². The van der Waals surface area contributed by atoms with Gasteiger partial charge in [-0.25, -0.2) is 9.59 Å². The summed E-state index contributed by atoms with van der Waals surface area (Å²) in [6.45, 7) is 10.8. The number of hydrogen-bond acceptors (Lipinski definition) is 5. The predicted molar refractivity (Wildman–Crippen MR) is 111 cm³/mol. The van der Waals surface area contributed by atoms with Gasteiger partial charge in [0, 0.05) is 29.7 Å². The molecule has 0 unspecified atom stereocenters. The number of anilines is 1. The van der Waals surface area contributed by atoms with Crippen molar-refractivity contribution in [3.63, 3.8) is 0 Å². The zero-order chi connectivity index (χ0) is 21.1. The average molecular weight is 392 g/mol. The lowest BCUT2D eigenvalue weighted by molar-refractivity contribution is -0.132. The smallest absolute Gasteiger partial charge is 0.346 e. The fourth-order valence-electron chi connectivity index (χ4n) is 4.57. The minimum Gasteiger partial charge on any atom is -0.477 e. The van der Waals surface area contributed by atoms with Gasteiger partial charge in [-0.2, -0.15) is 5.26 Å². The number of aliphatic carboxylic acids is 1. The second-order valence-corrected chi connectivity index (χ2v) is 9.29. The molecule has 0 radical (unpaired) electrons. The van der Waals surface area contributed by atoms with E-state index in [1.807, 2.05) is 0 Å². The SMILES string of the molecule is CC1(C)CCN2CCC(C)(C)c3c2c1cc1cc(C=C(C#N)C(=O)O)c(=O)oc31. The largest absolute Gasteiger partial charge is 0.477 e. The van der Waals surface area contributed by atoms with Gasteiger partial charge in [0.15, 0.2) is 0 Å². The molecule has 3 heterocycles. The molecular formula is C23H24N2O4. The minimum absolute atomic E-state index is 0.0206. The summed E-state index contributed by atoms with van der Waals surface area (Å²) in [6, 6.07) is 5.33. The highest BCUT2D eigenvalue weighted by molar-refractivity contribution is 5.97. The first-order valence-electron chi connectivity index (χ1n) is 9.81. The molecule has 2 aliphatic rings. The van der Waals surface area contributed by atoms with E-state index < -0.39 is 17.2 Å². The van der Waals surface area contributed by atoms with E-state index in [2.05, 4.69) is 38.7 Å². The van der Waals surface area contributed by atoms with Gasteiger partial charge in [0.2, 0.25) is 0 Å². The van der Waals surface area contributed by atoms with E-state index in [9.17, 15) is 9.59 Å². The number of nitrogens with zero attached hydrogens (tertiary/aromatic N) is 2. The molecular weight excluding hydrogens is 368 g/mol. The summed E-state index contributed by atoms with van der Waals surface area (Å²) in [7, 11) is 0. The highest BCUT2D eigenvalue weighted by Gasteiger charge is 2.41. The van der Waals surface area contributed by atoms with Crippen molar-refractivity contribution in [1.82, 2.24) is 0 Å². The summed E-state index contributed by atoms with van der Waals surface area (Å²) in [4.78, 5) is 26.2. The third-order valence-electron chi connectivity index (χ3n) is 6.41. The van der Waals surface area contributed by atoms with Gasteiger partial charge in [-0.1, -0.05) is 27.7 Å². The Kier molecular flexibility index (Phi) is 4.13. The Balaban J connectivity index is 2.09. The van der Waals surface area contributed by atoms with Crippen LogP contribution in [-0.2, 0) is 15.6 Å². The van der Waals surface area contributed by atoms with E-state index in [1.54, 1.807) is 12.1 Å². The van der Waals surface area contributed by atoms with Crippen LogP contribution in [-0.4, -0.2) is 24.2 Å². The van der Waals surface area contributed by atoms with E-state index in [1.165, 1.54) is 11.3 Å². The van der Waals surface area contributed by atoms with Crippen LogP contribution in [0.1, 0.15) is 57.2 Å². The summed E-state index contributed by atoms with van der Waals surface area (Å²) in [5.41, 5.74) is 2.78. The Morgan fingerprint density at radius 3 is 2.48 bits per heavy atom. The fraction of sp³-hybridized carbons (Fsp3) is 0.435. The first-order valence-corrected chi connectivity index (χ1v) is 9.81. The maximum atomic E-state index is 12.7. The van der Waals surface area contributed by atoms with Crippen LogP contribution >= 0.6 is 0 Å². The molecule has 6 heteroatoms. The molecule has 0 fully saturated rings. The van der Waals surface area contributed by atoms with Crippen molar-refractivity contribution in [2.75, 3.05) is 18.0 Å². The summed E-state index contributed by atoms with van der Waals surface area (Å²) in [6.07, 6.45) is 3.08. The molecule has 29 heavy (non-hydrogen) atoms. The summed E-state index contributed by atoms with van der Waals surface area (Å²) >= 11 is 0. The van der Waals surface area contributed by atoms with Crippen LogP contribution in [0.3, 0.4) is 0 Å².